The van der Waals surface area contributed by atoms with Crippen molar-refractivity contribution in [2.24, 2.45) is 0 Å². The second-order valence-electron chi connectivity index (χ2n) is 10.3. The minimum Gasteiger partial charge on any atom is -0.457 e. The fraction of sp³-hybridized carbons (Fsp3) is 0.429. The van der Waals surface area contributed by atoms with Crippen LogP contribution in [0.25, 0.3) is 22.1 Å². The number of anilines is 2. The predicted octanol–water partition coefficient (Wildman–Crippen LogP) is 2.14. The Bertz CT molecular complexity index is 1430. The van der Waals surface area contributed by atoms with Gasteiger partial charge in [0.25, 0.3) is 0 Å². The van der Waals surface area contributed by atoms with Gasteiger partial charge in [0.2, 0.25) is 11.9 Å². The van der Waals surface area contributed by atoms with Gasteiger partial charge in [-0.05, 0) is 24.3 Å². The largest absolute Gasteiger partial charge is 0.457 e. The van der Waals surface area contributed by atoms with Crippen LogP contribution in [0.4, 0.5) is 21.5 Å². The maximum Gasteiger partial charge on any atom is 0.321 e. The summed E-state index contributed by atoms with van der Waals surface area (Å²) in [5.41, 5.74) is 2.82. The third-order valence-electron chi connectivity index (χ3n) is 7.24. The summed E-state index contributed by atoms with van der Waals surface area (Å²) >= 11 is 0. The third-order valence-corrected chi connectivity index (χ3v) is 7.24. The lowest BCUT2D eigenvalue weighted by atomic mass is 10.3. The SMILES string of the molecule is O=C(NCCN1CCOCC1)Nc1nc2ccc(Oc3ccc4nc(NC(=O)NCCN5CCOCC5)[nH]c4c3)cc2[nH]1. The summed E-state index contributed by atoms with van der Waals surface area (Å²) in [5, 5.41) is 11.2. The van der Waals surface area contributed by atoms with Gasteiger partial charge in [0, 0.05) is 64.5 Å². The van der Waals surface area contributed by atoms with Crippen LogP contribution < -0.4 is 26.0 Å². The summed E-state index contributed by atoms with van der Waals surface area (Å²) < 4.78 is 16.8. The molecule has 2 aliphatic heterocycles. The molecule has 4 heterocycles. The lowest BCUT2D eigenvalue weighted by Gasteiger charge is -2.26. The normalized spacial score (nSPS) is 16.3. The van der Waals surface area contributed by atoms with E-state index < -0.39 is 0 Å². The number of nitrogens with one attached hydrogen (secondary N) is 6. The summed E-state index contributed by atoms with van der Waals surface area (Å²) in [6.45, 7) is 9.01. The Morgan fingerprint density at radius 2 is 1.16 bits per heavy atom. The van der Waals surface area contributed by atoms with Gasteiger partial charge < -0.3 is 34.8 Å². The summed E-state index contributed by atoms with van der Waals surface area (Å²) in [5.74, 6) is 1.88. The minimum atomic E-state index is -0.323. The number of nitrogens with zero attached hydrogens (tertiary/aromatic N) is 4. The number of H-pyrrole nitrogens is 2. The van der Waals surface area contributed by atoms with E-state index in [-0.39, 0.29) is 12.1 Å². The maximum absolute atomic E-state index is 12.3. The third kappa shape index (κ3) is 7.90. The maximum atomic E-state index is 12.3. The monoisotopic (exact) mass is 592 g/mol. The fourth-order valence-corrected chi connectivity index (χ4v) is 4.97. The van der Waals surface area contributed by atoms with Crippen LogP contribution in [0.15, 0.2) is 36.4 Å². The number of rotatable bonds is 10. The van der Waals surface area contributed by atoms with Crippen LogP contribution in [0.1, 0.15) is 0 Å². The second kappa shape index (κ2) is 13.7. The first kappa shape index (κ1) is 28.7. The Morgan fingerprint density at radius 3 is 1.60 bits per heavy atom. The van der Waals surface area contributed by atoms with Gasteiger partial charge in [-0.25, -0.2) is 19.6 Å². The molecule has 6 N–H and O–H groups in total. The van der Waals surface area contributed by atoms with Crippen molar-refractivity contribution < 1.29 is 23.8 Å². The molecular formula is C28H36N10O5. The Balaban J connectivity index is 0.996. The zero-order valence-electron chi connectivity index (χ0n) is 23.8. The molecule has 228 valence electrons. The lowest BCUT2D eigenvalue weighted by Crippen LogP contribution is -2.42. The first-order valence-electron chi connectivity index (χ1n) is 14.4. The van der Waals surface area contributed by atoms with Crippen LogP contribution in [-0.4, -0.2) is 121 Å². The molecule has 2 saturated heterocycles. The summed E-state index contributed by atoms with van der Waals surface area (Å²) in [4.78, 5) is 44.3. The Hall–Kier alpha value is -4.44. The van der Waals surface area contributed by atoms with Gasteiger partial charge in [0.1, 0.15) is 11.5 Å². The molecule has 4 aromatic rings. The average Bonchev–Trinajstić information content (AvgIpc) is 3.60. The number of carbonyl (C=O) groups excluding carboxylic acids is 2. The Kier molecular flexibility index (Phi) is 9.13. The van der Waals surface area contributed by atoms with Crippen LogP contribution in [0.2, 0.25) is 0 Å². The van der Waals surface area contributed by atoms with Crippen molar-refractivity contribution in [3.63, 3.8) is 0 Å². The first-order valence-corrected chi connectivity index (χ1v) is 14.4. The number of aromatic amines is 2. The molecule has 0 atom stereocenters. The number of imidazole rings is 2. The highest BCUT2D eigenvalue weighted by atomic mass is 16.5. The van der Waals surface area contributed by atoms with Gasteiger partial charge in [0.15, 0.2) is 0 Å². The lowest BCUT2D eigenvalue weighted by molar-refractivity contribution is 0.0387. The zero-order valence-corrected chi connectivity index (χ0v) is 23.8. The Labute approximate surface area is 247 Å². The predicted molar refractivity (Wildman–Crippen MR) is 161 cm³/mol. The van der Waals surface area contributed by atoms with Crippen LogP contribution in [0, 0.1) is 0 Å². The van der Waals surface area contributed by atoms with Gasteiger partial charge in [-0.15, -0.1) is 0 Å². The van der Waals surface area contributed by atoms with Gasteiger partial charge in [-0.1, -0.05) is 0 Å². The fourth-order valence-electron chi connectivity index (χ4n) is 4.97. The second-order valence-corrected chi connectivity index (χ2v) is 10.3. The van der Waals surface area contributed by atoms with Crippen molar-refractivity contribution in [2.45, 2.75) is 0 Å². The number of aromatic nitrogens is 4. The molecule has 15 nitrogen and oxygen atoms in total. The quantitative estimate of drug-likeness (QED) is 0.161. The molecule has 15 heteroatoms. The number of fused-ring (bicyclic) bond motifs is 2. The molecule has 4 amide bonds. The Morgan fingerprint density at radius 1 is 0.721 bits per heavy atom. The molecule has 0 aliphatic carbocycles. The molecule has 43 heavy (non-hydrogen) atoms. The van der Waals surface area contributed by atoms with E-state index in [0.29, 0.717) is 47.5 Å². The molecule has 0 saturated carbocycles. The molecule has 2 fully saturated rings. The summed E-state index contributed by atoms with van der Waals surface area (Å²) in [6, 6.07) is 10.2. The van der Waals surface area contributed by atoms with E-state index in [1.165, 1.54) is 0 Å². The number of benzene rings is 2. The van der Waals surface area contributed by atoms with Crippen LogP contribution in [0.3, 0.4) is 0 Å². The van der Waals surface area contributed by atoms with Crippen molar-refractivity contribution in [1.82, 2.24) is 40.4 Å². The van der Waals surface area contributed by atoms with Crippen LogP contribution in [0.5, 0.6) is 11.5 Å². The molecule has 0 spiro atoms. The number of carbonyl (C=O) groups is 2. The molecule has 0 radical (unpaired) electrons. The standard InChI is InChI=1S/C28H36N10O5/c39-27(29-5-7-37-9-13-41-14-10-37)35-25-31-21-3-1-19(17-23(21)33-25)43-20-2-4-22-24(18-20)34-26(32-22)36-28(40)30-6-8-38-11-15-42-16-12-38/h1-4,17-18H,5-16H2,(H3,29,31,33,35,39)(H3,30,32,34,36,40). The highest BCUT2D eigenvalue weighted by molar-refractivity contribution is 5.91. The number of morpholine rings is 2. The van der Waals surface area contributed by atoms with Crippen molar-refractivity contribution in [1.29, 1.82) is 0 Å². The van der Waals surface area contributed by atoms with E-state index in [2.05, 4.69) is 51.0 Å². The summed E-state index contributed by atoms with van der Waals surface area (Å²) in [7, 11) is 0. The van der Waals surface area contributed by atoms with Gasteiger partial charge >= 0.3 is 12.1 Å². The van der Waals surface area contributed by atoms with E-state index in [1.54, 1.807) is 12.1 Å². The van der Waals surface area contributed by atoms with E-state index in [9.17, 15) is 9.59 Å². The van der Waals surface area contributed by atoms with E-state index >= 15 is 0 Å². The average molecular weight is 593 g/mol. The number of hydrogen-bond acceptors (Lipinski definition) is 9. The number of amides is 4. The highest BCUT2D eigenvalue weighted by Gasteiger charge is 2.13. The van der Waals surface area contributed by atoms with Crippen molar-refractivity contribution in [3.8, 4) is 11.5 Å². The minimum absolute atomic E-state index is 0.323. The van der Waals surface area contributed by atoms with E-state index in [1.807, 2.05) is 24.3 Å². The number of ether oxygens (including phenoxy) is 3. The van der Waals surface area contributed by atoms with Gasteiger partial charge in [-0.3, -0.25) is 20.4 Å². The zero-order chi connectivity index (χ0) is 29.4. The molecule has 2 aliphatic rings. The molecule has 0 unspecified atom stereocenters. The first-order chi connectivity index (χ1) is 21.1. The highest BCUT2D eigenvalue weighted by Crippen LogP contribution is 2.28. The molecule has 0 bridgehead atoms. The molecular weight excluding hydrogens is 556 g/mol. The smallest absolute Gasteiger partial charge is 0.321 e. The van der Waals surface area contributed by atoms with E-state index in [4.69, 9.17) is 14.2 Å². The number of urea groups is 2. The topological polar surface area (TPSA) is 174 Å². The van der Waals surface area contributed by atoms with Crippen molar-refractivity contribution >= 4 is 46.0 Å². The van der Waals surface area contributed by atoms with Crippen LogP contribution >= 0.6 is 0 Å². The molecule has 2 aromatic carbocycles. The van der Waals surface area contributed by atoms with Gasteiger partial charge in [0.05, 0.1) is 48.5 Å². The molecule has 2 aromatic heterocycles. The van der Waals surface area contributed by atoms with E-state index in [0.717, 1.165) is 76.7 Å². The van der Waals surface area contributed by atoms with Crippen molar-refractivity contribution in [3.05, 3.63) is 36.4 Å². The summed E-state index contributed by atoms with van der Waals surface area (Å²) in [6.07, 6.45) is 0. The van der Waals surface area contributed by atoms with Gasteiger partial charge in [-0.2, -0.15) is 0 Å². The number of hydrogen-bond donors (Lipinski definition) is 6. The van der Waals surface area contributed by atoms with Crippen LogP contribution in [-0.2, 0) is 9.47 Å². The molecule has 6 rings (SSSR count). The van der Waals surface area contributed by atoms with Crippen molar-refractivity contribution in [2.75, 3.05) is 89.4 Å².